The molecule has 0 unspecified atom stereocenters. The standard InChI is InChI=1S/C26H31NO5S/c28-19(13-14-25(29)31-15-7-1-2-8-16-33)17-27-26(30)32-18-24-22-11-5-3-9-20(22)21-10-4-6-12-23(21)24/h3-6,9-12,24,33H,1-2,7-8,13-18H2,(H,27,30). The van der Waals surface area contributed by atoms with Gasteiger partial charge < -0.3 is 14.8 Å². The van der Waals surface area contributed by atoms with Crippen LogP contribution in [0.1, 0.15) is 55.6 Å². The van der Waals surface area contributed by atoms with Crippen molar-refractivity contribution in [1.29, 1.82) is 0 Å². The third-order valence-electron chi connectivity index (χ3n) is 5.70. The average molecular weight is 470 g/mol. The van der Waals surface area contributed by atoms with E-state index >= 15 is 0 Å². The van der Waals surface area contributed by atoms with Gasteiger partial charge in [-0.2, -0.15) is 12.6 Å². The van der Waals surface area contributed by atoms with Gasteiger partial charge in [-0.05, 0) is 40.8 Å². The van der Waals surface area contributed by atoms with E-state index in [1.807, 2.05) is 36.4 Å². The first-order chi connectivity index (χ1) is 16.1. The number of fused-ring (bicyclic) bond motifs is 3. The van der Waals surface area contributed by atoms with E-state index in [0.717, 1.165) is 53.7 Å². The van der Waals surface area contributed by atoms with Crippen molar-refractivity contribution in [3.63, 3.8) is 0 Å². The van der Waals surface area contributed by atoms with Crippen LogP contribution in [0.3, 0.4) is 0 Å². The fourth-order valence-electron chi connectivity index (χ4n) is 3.98. The molecule has 0 spiro atoms. The Kier molecular flexibility index (Phi) is 9.81. The van der Waals surface area contributed by atoms with Gasteiger partial charge in [0.15, 0.2) is 5.78 Å². The van der Waals surface area contributed by atoms with Crippen molar-refractivity contribution in [2.24, 2.45) is 0 Å². The number of thiol groups is 1. The summed E-state index contributed by atoms with van der Waals surface area (Å²) in [6.45, 7) is 0.389. The second-order valence-electron chi connectivity index (χ2n) is 8.08. The molecule has 2 aromatic carbocycles. The maximum Gasteiger partial charge on any atom is 0.407 e. The Morgan fingerprint density at radius 2 is 1.45 bits per heavy atom. The SMILES string of the molecule is O=C(CCC(=O)OCCCCCCS)CNC(=O)OCC1c2ccccc2-c2ccccc21. The number of rotatable bonds is 13. The first-order valence-corrected chi connectivity index (χ1v) is 12.1. The van der Waals surface area contributed by atoms with Crippen LogP contribution in [0, 0.1) is 0 Å². The lowest BCUT2D eigenvalue weighted by molar-refractivity contribution is -0.144. The number of ketones is 1. The van der Waals surface area contributed by atoms with Crippen LogP contribution in [0.25, 0.3) is 11.1 Å². The van der Waals surface area contributed by atoms with E-state index < -0.39 is 12.1 Å². The number of amides is 1. The van der Waals surface area contributed by atoms with E-state index in [0.29, 0.717) is 6.61 Å². The second kappa shape index (κ2) is 13.0. The summed E-state index contributed by atoms with van der Waals surface area (Å²) in [5, 5.41) is 2.48. The van der Waals surface area contributed by atoms with Gasteiger partial charge in [0.25, 0.3) is 0 Å². The Morgan fingerprint density at radius 3 is 2.12 bits per heavy atom. The number of ether oxygens (including phenoxy) is 2. The van der Waals surface area contributed by atoms with E-state index in [-0.39, 0.29) is 37.7 Å². The number of hydrogen-bond acceptors (Lipinski definition) is 6. The monoisotopic (exact) mass is 469 g/mol. The fourth-order valence-corrected chi connectivity index (χ4v) is 4.20. The second-order valence-corrected chi connectivity index (χ2v) is 8.52. The lowest BCUT2D eigenvalue weighted by Crippen LogP contribution is -2.31. The number of hydrogen-bond donors (Lipinski definition) is 2. The molecule has 0 heterocycles. The molecule has 0 radical (unpaired) electrons. The molecule has 0 bridgehead atoms. The number of Topliss-reactive ketones (excluding diaryl/α,β-unsaturated/α-hetero) is 1. The highest BCUT2D eigenvalue weighted by molar-refractivity contribution is 7.80. The first-order valence-electron chi connectivity index (χ1n) is 11.5. The van der Waals surface area contributed by atoms with Gasteiger partial charge in [-0.15, -0.1) is 0 Å². The lowest BCUT2D eigenvalue weighted by Gasteiger charge is -2.14. The van der Waals surface area contributed by atoms with E-state index in [1.54, 1.807) is 0 Å². The minimum atomic E-state index is -0.644. The molecular formula is C26H31NO5S. The van der Waals surface area contributed by atoms with E-state index in [2.05, 4.69) is 30.1 Å². The molecule has 6 nitrogen and oxygen atoms in total. The summed E-state index contributed by atoms with van der Waals surface area (Å²) in [6.07, 6.45) is 3.34. The van der Waals surface area contributed by atoms with Gasteiger partial charge in [0.1, 0.15) is 6.61 Å². The Bertz CT molecular complexity index is 916. The molecule has 33 heavy (non-hydrogen) atoms. The Morgan fingerprint density at radius 1 is 0.818 bits per heavy atom. The summed E-state index contributed by atoms with van der Waals surface area (Å²) in [6, 6.07) is 16.2. The number of esters is 1. The predicted octanol–water partition coefficient (Wildman–Crippen LogP) is 4.91. The van der Waals surface area contributed by atoms with Crippen LogP contribution in [0.15, 0.2) is 48.5 Å². The molecule has 0 fully saturated rings. The number of benzene rings is 2. The van der Waals surface area contributed by atoms with Crippen molar-refractivity contribution < 1.29 is 23.9 Å². The molecule has 1 amide bonds. The Balaban J connectivity index is 1.34. The third kappa shape index (κ3) is 7.35. The van der Waals surface area contributed by atoms with E-state index in [4.69, 9.17) is 9.47 Å². The third-order valence-corrected chi connectivity index (χ3v) is 6.01. The number of unbranched alkanes of at least 4 members (excludes halogenated alkanes) is 3. The quantitative estimate of drug-likeness (QED) is 0.248. The zero-order chi connectivity index (χ0) is 23.5. The lowest BCUT2D eigenvalue weighted by atomic mass is 9.98. The molecular weight excluding hydrogens is 438 g/mol. The van der Waals surface area contributed by atoms with Gasteiger partial charge in [0.2, 0.25) is 0 Å². The van der Waals surface area contributed by atoms with Gasteiger partial charge >= 0.3 is 12.1 Å². The molecule has 1 aliphatic rings. The molecule has 176 valence electrons. The summed E-state index contributed by atoms with van der Waals surface area (Å²) in [4.78, 5) is 35.9. The van der Waals surface area contributed by atoms with E-state index in [9.17, 15) is 14.4 Å². The molecule has 0 saturated carbocycles. The summed E-state index contributed by atoms with van der Waals surface area (Å²) < 4.78 is 10.5. The number of carbonyl (C=O) groups is 3. The first kappa shape index (κ1) is 24.8. The Labute approximate surface area is 200 Å². The summed E-state index contributed by atoms with van der Waals surface area (Å²) in [5.74, 6) is 0.200. The number of carbonyl (C=O) groups excluding carboxylic acids is 3. The summed E-state index contributed by atoms with van der Waals surface area (Å²) in [5.41, 5.74) is 4.56. The molecule has 7 heteroatoms. The minimum absolute atomic E-state index is 0.0157. The van der Waals surface area contributed by atoms with Crippen LogP contribution in [0.5, 0.6) is 0 Å². The van der Waals surface area contributed by atoms with Crippen LogP contribution in [0.2, 0.25) is 0 Å². The molecule has 0 aromatic heterocycles. The molecule has 0 aliphatic heterocycles. The number of nitrogens with one attached hydrogen (secondary N) is 1. The predicted molar refractivity (Wildman–Crippen MR) is 131 cm³/mol. The molecule has 1 aliphatic carbocycles. The van der Waals surface area contributed by atoms with Crippen LogP contribution >= 0.6 is 12.6 Å². The van der Waals surface area contributed by atoms with Gasteiger partial charge in [-0.25, -0.2) is 4.79 Å². The van der Waals surface area contributed by atoms with Crippen molar-refractivity contribution in [2.75, 3.05) is 25.5 Å². The largest absolute Gasteiger partial charge is 0.466 e. The minimum Gasteiger partial charge on any atom is -0.466 e. The van der Waals surface area contributed by atoms with E-state index in [1.165, 1.54) is 0 Å². The van der Waals surface area contributed by atoms with Crippen molar-refractivity contribution in [2.45, 2.75) is 44.4 Å². The normalized spacial score (nSPS) is 12.0. The van der Waals surface area contributed by atoms with Crippen molar-refractivity contribution >= 4 is 30.5 Å². The number of alkyl carbamates (subject to hydrolysis) is 1. The van der Waals surface area contributed by atoms with Crippen LogP contribution in [0.4, 0.5) is 4.79 Å². The van der Waals surface area contributed by atoms with Crippen molar-refractivity contribution in [1.82, 2.24) is 5.32 Å². The zero-order valence-corrected chi connectivity index (χ0v) is 19.7. The molecule has 0 saturated heterocycles. The van der Waals surface area contributed by atoms with Crippen molar-refractivity contribution in [3.05, 3.63) is 59.7 Å². The van der Waals surface area contributed by atoms with Gasteiger partial charge in [-0.3, -0.25) is 9.59 Å². The fraction of sp³-hybridized carbons (Fsp3) is 0.423. The highest BCUT2D eigenvalue weighted by atomic mass is 32.1. The maximum atomic E-state index is 12.1. The molecule has 3 rings (SSSR count). The van der Waals surface area contributed by atoms with Crippen molar-refractivity contribution in [3.8, 4) is 11.1 Å². The highest BCUT2D eigenvalue weighted by Crippen LogP contribution is 2.44. The Hall–Kier alpha value is -2.80. The average Bonchev–Trinajstić information content (AvgIpc) is 3.16. The van der Waals surface area contributed by atoms with Gasteiger partial charge in [0, 0.05) is 12.3 Å². The molecule has 2 aromatic rings. The van der Waals surface area contributed by atoms with Crippen LogP contribution < -0.4 is 5.32 Å². The van der Waals surface area contributed by atoms with Gasteiger partial charge in [-0.1, -0.05) is 61.4 Å². The highest BCUT2D eigenvalue weighted by Gasteiger charge is 2.29. The zero-order valence-electron chi connectivity index (χ0n) is 18.8. The van der Waals surface area contributed by atoms with Crippen LogP contribution in [-0.4, -0.2) is 43.4 Å². The smallest absolute Gasteiger partial charge is 0.407 e. The molecule has 1 N–H and O–H groups in total. The summed E-state index contributed by atoms with van der Waals surface area (Å²) in [7, 11) is 0. The molecule has 0 atom stereocenters. The van der Waals surface area contributed by atoms with Crippen LogP contribution in [-0.2, 0) is 19.1 Å². The van der Waals surface area contributed by atoms with Gasteiger partial charge in [0.05, 0.1) is 19.6 Å². The summed E-state index contributed by atoms with van der Waals surface area (Å²) >= 11 is 4.16. The topological polar surface area (TPSA) is 81.7 Å². The maximum absolute atomic E-state index is 12.1.